The van der Waals surface area contributed by atoms with Crippen molar-refractivity contribution in [3.8, 4) is 16.3 Å². The van der Waals surface area contributed by atoms with Gasteiger partial charge >= 0.3 is 0 Å². The van der Waals surface area contributed by atoms with Gasteiger partial charge in [0.1, 0.15) is 10.8 Å². The maximum Gasteiger partial charge on any atom is 0.229 e. The molecular formula is C21H19N3O3S. The number of aromatic nitrogens is 1. The normalized spacial score (nSPS) is 16.2. The summed E-state index contributed by atoms with van der Waals surface area (Å²) in [4.78, 5) is 31.0. The summed E-state index contributed by atoms with van der Waals surface area (Å²) in [5, 5.41) is 5.77. The molecule has 0 bridgehead atoms. The van der Waals surface area contributed by atoms with Crippen LogP contribution in [0.3, 0.4) is 0 Å². The molecule has 0 radical (unpaired) electrons. The van der Waals surface area contributed by atoms with E-state index in [2.05, 4.69) is 10.3 Å². The van der Waals surface area contributed by atoms with Gasteiger partial charge in [-0.3, -0.25) is 9.59 Å². The van der Waals surface area contributed by atoms with Crippen LogP contribution < -0.4 is 15.0 Å². The quantitative estimate of drug-likeness (QED) is 0.716. The van der Waals surface area contributed by atoms with Crippen molar-refractivity contribution < 1.29 is 14.3 Å². The van der Waals surface area contributed by atoms with Crippen LogP contribution in [0.5, 0.6) is 5.75 Å². The monoisotopic (exact) mass is 393 g/mol. The maximum atomic E-state index is 12.7. The Labute approximate surface area is 166 Å². The van der Waals surface area contributed by atoms with E-state index in [1.807, 2.05) is 47.8 Å². The summed E-state index contributed by atoms with van der Waals surface area (Å²) in [5.74, 6) is -0.0257. The lowest BCUT2D eigenvalue weighted by Gasteiger charge is -2.19. The lowest BCUT2D eigenvalue weighted by atomic mass is 10.1. The van der Waals surface area contributed by atoms with E-state index < -0.39 is 5.92 Å². The fraction of sp³-hybridized carbons (Fsp3) is 0.190. The van der Waals surface area contributed by atoms with Crippen LogP contribution in [0.25, 0.3) is 10.6 Å². The van der Waals surface area contributed by atoms with Gasteiger partial charge < -0.3 is 15.0 Å². The first-order valence-corrected chi connectivity index (χ1v) is 9.78. The zero-order valence-electron chi connectivity index (χ0n) is 15.3. The smallest absolute Gasteiger partial charge is 0.229 e. The number of nitrogens with one attached hydrogen (secondary N) is 1. The Kier molecular flexibility index (Phi) is 5.08. The highest BCUT2D eigenvalue weighted by Gasteiger charge is 2.36. The molecule has 4 rings (SSSR count). The summed E-state index contributed by atoms with van der Waals surface area (Å²) in [6, 6.07) is 14.9. The van der Waals surface area contributed by atoms with E-state index in [0.717, 1.165) is 10.6 Å². The van der Waals surface area contributed by atoms with E-state index in [1.54, 1.807) is 35.6 Å². The molecule has 28 heavy (non-hydrogen) atoms. The second-order valence-corrected chi connectivity index (χ2v) is 7.38. The number of carbonyl (C=O) groups excluding carboxylic acids is 2. The second-order valence-electron chi connectivity index (χ2n) is 6.48. The van der Waals surface area contributed by atoms with Gasteiger partial charge in [0.05, 0.1) is 18.7 Å². The Morgan fingerprint density at radius 2 is 2.00 bits per heavy atom. The molecule has 7 heteroatoms. The minimum Gasteiger partial charge on any atom is -0.495 e. The third-order valence-corrected chi connectivity index (χ3v) is 5.53. The number of methoxy groups -OCH3 is 1. The highest BCUT2D eigenvalue weighted by molar-refractivity contribution is 7.13. The van der Waals surface area contributed by atoms with Gasteiger partial charge in [0.2, 0.25) is 11.8 Å². The molecule has 1 aliphatic rings. The third-order valence-electron chi connectivity index (χ3n) is 4.70. The number of amides is 2. The first-order valence-electron chi connectivity index (χ1n) is 8.90. The summed E-state index contributed by atoms with van der Waals surface area (Å²) in [5.41, 5.74) is 2.40. The van der Waals surface area contributed by atoms with Gasteiger partial charge in [-0.2, -0.15) is 0 Å². The van der Waals surface area contributed by atoms with E-state index in [-0.39, 0.29) is 18.2 Å². The van der Waals surface area contributed by atoms with E-state index in [4.69, 9.17) is 4.74 Å². The topological polar surface area (TPSA) is 71.5 Å². The minimum absolute atomic E-state index is 0.0798. The first-order chi connectivity index (χ1) is 13.7. The van der Waals surface area contributed by atoms with Crippen molar-refractivity contribution in [2.75, 3.05) is 23.9 Å². The predicted octanol–water partition coefficient (Wildman–Crippen LogP) is 3.81. The molecule has 0 aliphatic carbocycles. The fourth-order valence-electron chi connectivity index (χ4n) is 3.28. The zero-order chi connectivity index (χ0) is 19.5. The van der Waals surface area contributed by atoms with Crippen LogP contribution >= 0.6 is 11.3 Å². The van der Waals surface area contributed by atoms with Crippen molar-refractivity contribution >= 4 is 34.5 Å². The number of rotatable bonds is 5. The van der Waals surface area contributed by atoms with Crippen LogP contribution in [-0.4, -0.2) is 30.5 Å². The summed E-state index contributed by atoms with van der Waals surface area (Å²) >= 11 is 1.57. The molecule has 1 unspecified atom stereocenters. The molecule has 1 saturated heterocycles. The Hall–Kier alpha value is -3.19. The number of nitrogens with zero attached hydrogens (tertiary/aromatic N) is 2. The molecule has 1 aromatic heterocycles. The van der Waals surface area contributed by atoms with Gasteiger partial charge in [0.15, 0.2) is 0 Å². The lowest BCUT2D eigenvalue weighted by molar-refractivity contribution is -0.122. The van der Waals surface area contributed by atoms with Crippen LogP contribution in [-0.2, 0) is 9.59 Å². The number of hydrogen-bond acceptors (Lipinski definition) is 5. The number of anilines is 2. The maximum absolute atomic E-state index is 12.7. The summed E-state index contributed by atoms with van der Waals surface area (Å²) in [6.07, 6.45) is 1.95. The van der Waals surface area contributed by atoms with E-state index in [1.165, 1.54) is 0 Å². The largest absolute Gasteiger partial charge is 0.495 e. The van der Waals surface area contributed by atoms with Crippen LogP contribution in [0.15, 0.2) is 60.1 Å². The molecule has 0 saturated carbocycles. The van der Waals surface area contributed by atoms with Gasteiger partial charge in [-0.1, -0.05) is 12.1 Å². The number of ether oxygens (including phenoxy) is 1. The van der Waals surface area contributed by atoms with E-state index in [9.17, 15) is 9.59 Å². The molecule has 3 aromatic rings. The minimum atomic E-state index is -0.406. The third kappa shape index (κ3) is 3.61. The van der Waals surface area contributed by atoms with Crippen molar-refractivity contribution in [2.45, 2.75) is 6.42 Å². The molecule has 2 amide bonds. The molecule has 2 heterocycles. The van der Waals surface area contributed by atoms with E-state index in [0.29, 0.717) is 23.7 Å². The van der Waals surface area contributed by atoms with Gasteiger partial charge in [0, 0.05) is 35.8 Å². The molecular weight excluding hydrogens is 374 g/mol. The van der Waals surface area contributed by atoms with Crippen LogP contribution in [0.1, 0.15) is 6.42 Å². The van der Waals surface area contributed by atoms with Crippen LogP contribution in [0.4, 0.5) is 11.4 Å². The van der Waals surface area contributed by atoms with E-state index >= 15 is 0 Å². The summed E-state index contributed by atoms with van der Waals surface area (Å²) in [6.45, 7) is 0.336. The Bertz CT molecular complexity index is 986. The molecule has 1 N–H and O–H groups in total. The standard InChI is InChI=1S/C21H19N3O3S/c1-27-18-5-3-2-4-17(18)24-13-15(12-19(24)25)20(26)23-16-8-6-14(7-9-16)21-22-10-11-28-21/h2-11,15H,12-13H2,1H3,(H,23,26). The highest BCUT2D eigenvalue weighted by atomic mass is 32.1. The molecule has 1 fully saturated rings. The Morgan fingerprint density at radius 1 is 1.21 bits per heavy atom. The number of thiazole rings is 1. The van der Waals surface area contributed by atoms with Gasteiger partial charge in [-0.25, -0.2) is 4.98 Å². The van der Waals surface area contributed by atoms with Gasteiger partial charge in [-0.05, 0) is 36.4 Å². The molecule has 1 atom stereocenters. The SMILES string of the molecule is COc1ccccc1N1CC(C(=O)Nc2ccc(-c3nccs3)cc2)CC1=O. The summed E-state index contributed by atoms with van der Waals surface area (Å²) < 4.78 is 5.34. The first kappa shape index (κ1) is 18.2. The van der Waals surface area contributed by atoms with Crippen molar-refractivity contribution in [3.63, 3.8) is 0 Å². The van der Waals surface area contributed by atoms with Crippen molar-refractivity contribution in [1.82, 2.24) is 4.98 Å². The lowest BCUT2D eigenvalue weighted by Crippen LogP contribution is -2.28. The molecule has 1 aliphatic heterocycles. The van der Waals surface area contributed by atoms with Crippen molar-refractivity contribution in [1.29, 1.82) is 0 Å². The van der Waals surface area contributed by atoms with Gasteiger partial charge in [-0.15, -0.1) is 11.3 Å². The molecule has 142 valence electrons. The Morgan fingerprint density at radius 3 is 2.71 bits per heavy atom. The van der Waals surface area contributed by atoms with Crippen molar-refractivity contribution in [2.24, 2.45) is 5.92 Å². The molecule has 0 spiro atoms. The zero-order valence-corrected chi connectivity index (χ0v) is 16.1. The van der Waals surface area contributed by atoms with Crippen LogP contribution in [0, 0.1) is 5.92 Å². The average molecular weight is 393 g/mol. The summed E-state index contributed by atoms with van der Waals surface area (Å²) in [7, 11) is 1.57. The van der Waals surface area contributed by atoms with Crippen LogP contribution in [0.2, 0.25) is 0 Å². The Balaban J connectivity index is 1.44. The second kappa shape index (κ2) is 7.82. The number of carbonyl (C=O) groups is 2. The van der Waals surface area contributed by atoms with Crippen molar-refractivity contribution in [3.05, 3.63) is 60.1 Å². The molecule has 2 aromatic carbocycles. The van der Waals surface area contributed by atoms with Gasteiger partial charge in [0.25, 0.3) is 0 Å². The highest BCUT2D eigenvalue weighted by Crippen LogP contribution is 2.33. The number of benzene rings is 2. The number of hydrogen-bond donors (Lipinski definition) is 1. The average Bonchev–Trinajstić information content (AvgIpc) is 3.38. The molecule has 6 nitrogen and oxygen atoms in total. The predicted molar refractivity (Wildman–Crippen MR) is 110 cm³/mol. The number of para-hydroxylation sites is 2. The fourth-order valence-corrected chi connectivity index (χ4v) is 3.92.